The molecule has 166 valence electrons. The van der Waals surface area contributed by atoms with Gasteiger partial charge in [-0.25, -0.2) is 13.1 Å². The molecule has 1 saturated heterocycles. The average Bonchev–Trinajstić information content (AvgIpc) is 3.10. The molecule has 31 heavy (non-hydrogen) atoms. The molecule has 2 aromatic rings. The molecule has 2 aromatic heterocycles. The number of likely N-dealkylation sites (tertiary alicyclic amines) is 1. The quantitative estimate of drug-likeness (QED) is 0.709. The molecular formula is C21H26N4O4S2. The second-order valence-electron chi connectivity index (χ2n) is 8.09. The van der Waals surface area contributed by atoms with Crippen LogP contribution >= 0.6 is 11.3 Å². The van der Waals surface area contributed by atoms with Gasteiger partial charge in [0.15, 0.2) is 0 Å². The van der Waals surface area contributed by atoms with Crippen LogP contribution in [-0.4, -0.2) is 55.5 Å². The topological polar surface area (TPSA) is 108 Å². The van der Waals surface area contributed by atoms with E-state index in [1.807, 2.05) is 0 Å². The number of pyridine rings is 1. The van der Waals surface area contributed by atoms with Crippen molar-refractivity contribution in [3.63, 3.8) is 0 Å². The van der Waals surface area contributed by atoms with E-state index in [2.05, 4.69) is 15.0 Å². The maximum absolute atomic E-state index is 13.6. The highest BCUT2D eigenvalue weighted by atomic mass is 32.2. The predicted octanol–water partition coefficient (Wildman–Crippen LogP) is 2.43. The second kappa shape index (κ2) is 9.05. The number of hydrogen-bond acceptors (Lipinski definition) is 6. The van der Waals surface area contributed by atoms with Crippen molar-refractivity contribution in [1.82, 2.24) is 14.6 Å². The van der Waals surface area contributed by atoms with Crippen molar-refractivity contribution in [1.29, 1.82) is 0 Å². The molecule has 2 N–H and O–H groups in total. The number of amides is 2. The number of rotatable bonds is 5. The molecule has 1 fully saturated rings. The zero-order valence-electron chi connectivity index (χ0n) is 17.4. The number of nitrogens with one attached hydrogen (secondary N) is 2. The third-order valence-corrected chi connectivity index (χ3v) is 7.59. The van der Waals surface area contributed by atoms with Crippen molar-refractivity contribution in [2.24, 2.45) is 0 Å². The first kappa shape index (κ1) is 21.9. The Morgan fingerprint density at radius 2 is 2.03 bits per heavy atom. The molecule has 1 aliphatic carbocycles. The first-order chi connectivity index (χ1) is 14.8. The van der Waals surface area contributed by atoms with E-state index in [1.54, 1.807) is 23.2 Å². The summed E-state index contributed by atoms with van der Waals surface area (Å²) in [7, 11) is -3.34. The Morgan fingerprint density at radius 3 is 2.77 bits per heavy atom. The second-order valence-corrected chi connectivity index (χ2v) is 11.0. The van der Waals surface area contributed by atoms with Crippen LogP contribution in [-0.2, 0) is 22.9 Å². The van der Waals surface area contributed by atoms with Gasteiger partial charge in [-0.2, -0.15) is 0 Å². The molecule has 1 aliphatic heterocycles. The van der Waals surface area contributed by atoms with Gasteiger partial charge in [0.05, 0.1) is 17.4 Å². The third kappa shape index (κ3) is 5.13. The van der Waals surface area contributed by atoms with Crippen LogP contribution in [0.5, 0.6) is 0 Å². The fourth-order valence-corrected chi connectivity index (χ4v) is 6.35. The van der Waals surface area contributed by atoms with Crippen LogP contribution in [0.15, 0.2) is 24.5 Å². The Bertz CT molecular complexity index is 1080. The van der Waals surface area contributed by atoms with Crippen LogP contribution in [0, 0.1) is 0 Å². The lowest BCUT2D eigenvalue weighted by atomic mass is 9.94. The number of nitrogens with zero attached hydrogens (tertiary/aromatic N) is 2. The number of fused-ring (bicyclic) bond motifs is 1. The average molecular weight is 463 g/mol. The number of carbonyl (C=O) groups is 2. The summed E-state index contributed by atoms with van der Waals surface area (Å²) < 4.78 is 25.9. The highest BCUT2D eigenvalue weighted by Crippen LogP contribution is 2.39. The molecule has 0 bridgehead atoms. The predicted molar refractivity (Wildman–Crippen MR) is 120 cm³/mol. The summed E-state index contributed by atoms with van der Waals surface area (Å²) in [6.45, 7) is 0.897. The van der Waals surface area contributed by atoms with Gasteiger partial charge in [0.2, 0.25) is 10.0 Å². The first-order valence-corrected chi connectivity index (χ1v) is 13.1. The zero-order chi connectivity index (χ0) is 22.0. The summed E-state index contributed by atoms with van der Waals surface area (Å²) in [4.78, 5) is 33.2. The lowest BCUT2D eigenvalue weighted by molar-refractivity contribution is 0.0703. The summed E-state index contributed by atoms with van der Waals surface area (Å²) in [6.07, 6.45) is 9.46. The van der Waals surface area contributed by atoms with Crippen molar-refractivity contribution in [2.45, 2.75) is 44.6 Å². The number of sulfonamides is 1. The van der Waals surface area contributed by atoms with Gasteiger partial charge in [0.1, 0.15) is 5.00 Å². The summed E-state index contributed by atoms with van der Waals surface area (Å²) >= 11 is 1.48. The normalized spacial score (nSPS) is 19.0. The van der Waals surface area contributed by atoms with E-state index in [0.29, 0.717) is 35.6 Å². The highest BCUT2D eigenvalue weighted by Gasteiger charge is 2.32. The number of piperidine rings is 1. The summed E-state index contributed by atoms with van der Waals surface area (Å²) in [5.41, 5.74) is 2.03. The van der Waals surface area contributed by atoms with E-state index in [-0.39, 0.29) is 17.9 Å². The summed E-state index contributed by atoms with van der Waals surface area (Å²) in [5.74, 6) is -0.433. The van der Waals surface area contributed by atoms with Crippen molar-refractivity contribution in [3.8, 4) is 0 Å². The maximum atomic E-state index is 13.6. The fourth-order valence-electron chi connectivity index (χ4n) is 4.27. The van der Waals surface area contributed by atoms with Crippen LogP contribution in [0.4, 0.5) is 5.00 Å². The van der Waals surface area contributed by atoms with E-state index < -0.39 is 10.0 Å². The van der Waals surface area contributed by atoms with E-state index in [9.17, 15) is 18.0 Å². The molecule has 0 radical (unpaired) electrons. The third-order valence-electron chi connectivity index (χ3n) is 5.63. The van der Waals surface area contributed by atoms with Gasteiger partial charge in [0.25, 0.3) is 11.8 Å². The van der Waals surface area contributed by atoms with Gasteiger partial charge in [-0.1, -0.05) is 0 Å². The van der Waals surface area contributed by atoms with Crippen LogP contribution in [0.3, 0.4) is 0 Å². The van der Waals surface area contributed by atoms with E-state index >= 15 is 0 Å². The molecule has 2 amide bonds. The van der Waals surface area contributed by atoms with Crippen molar-refractivity contribution < 1.29 is 18.0 Å². The van der Waals surface area contributed by atoms with Gasteiger partial charge in [-0.3, -0.25) is 14.6 Å². The van der Waals surface area contributed by atoms with Crippen molar-refractivity contribution in [2.75, 3.05) is 24.7 Å². The zero-order valence-corrected chi connectivity index (χ0v) is 19.0. The number of aromatic nitrogens is 1. The fraction of sp³-hybridized carbons (Fsp3) is 0.476. The van der Waals surface area contributed by atoms with E-state index in [0.717, 1.165) is 48.8 Å². The molecule has 4 rings (SSSR count). The minimum atomic E-state index is -3.34. The first-order valence-electron chi connectivity index (χ1n) is 10.4. The number of anilines is 1. The number of aryl methyl sites for hydroxylation is 1. The largest absolute Gasteiger partial charge is 0.337 e. The van der Waals surface area contributed by atoms with E-state index in [4.69, 9.17) is 0 Å². The molecule has 0 saturated carbocycles. The lowest BCUT2D eigenvalue weighted by Gasteiger charge is -2.33. The lowest BCUT2D eigenvalue weighted by Crippen LogP contribution is -2.49. The Morgan fingerprint density at radius 1 is 1.23 bits per heavy atom. The summed E-state index contributed by atoms with van der Waals surface area (Å²) in [6, 6.07) is 3.09. The van der Waals surface area contributed by atoms with Crippen LogP contribution in [0.2, 0.25) is 0 Å². The van der Waals surface area contributed by atoms with Crippen molar-refractivity contribution >= 4 is 38.2 Å². The Hall–Kier alpha value is -2.30. The molecule has 3 heterocycles. The molecule has 2 aliphatic rings. The monoisotopic (exact) mass is 462 g/mol. The van der Waals surface area contributed by atoms with Gasteiger partial charge in [0, 0.05) is 36.4 Å². The standard InChI is InChI=1S/C21H26N4O4S2/c1-31(28,29)24-15-7-5-11-25(13-15)21(27)18-16-8-2-3-9-17(16)30-20(18)23-19(26)14-6-4-10-22-12-14/h4,6,10,12,15,24H,2-3,5,7-9,11,13H2,1H3,(H,23,26). The van der Waals surface area contributed by atoms with E-state index in [1.165, 1.54) is 17.5 Å². The maximum Gasteiger partial charge on any atom is 0.257 e. The molecule has 1 atom stereocenters. The molecule has 10 heteroatoms. The Kier molecular flexibility index (Phi) is 6.40. The number of carbonyl (C=O) groups excluding carboxylic acids is 2. The molecule has 1 unspecified atom stereocenters. The van der Waals surface area contributed by atoms with Crippen LogP contribution < -0.4 is 10.0 Å². The molecular weight excluding hydrogens is 436 g/mol. The highest BCUT2D eigenvalue weighted by molar-refractivity contribution is 7.88. The number of thiophene rings is 1. The minimum Gasteiger partial charge on any atom is -0.337 e. The van der Waals surface area contributed by atoms with Crippen LogP contribution in [0.25, 0.3) is 0 Å². The van der Waals surface area contributed by atoms with Crippen molar-refractivity contribution in [3.05, 3.63) is 46.1 Å². The SMILES string of the molecule is CS(=O)(=O)NC1CCCN(C(=O)c2c(NC(=O)c3cccnc3)sc3c2CCCC3)C1. The minimum absolute atomic E-state index is 0.138. The van der Waals surface area contributed by atoms with Crippen LogP contribution in [0.1, 0.15) is 56.8 Å². The smallest absolute Gasteiger partial charge is 0.257 e. The van der Waals surface area contributed by atoms with Gasteiger partial charge >= 0.3 is 0 Å². The molecule has 0 aromatic carbocycles. The van der Waals surface area contributed by atoms with Gasteiger partial charge < -0.3 is 10.2 Å². The Labute approximate surface area is 186 Å². The molecule has 0 spiro atoms. The summed E-state index contributed by atoms with van der Waals surface area (Å²) in [5, 5.41) is 3.51. The van der Waals surface area contributed by atoms with Gasteiger partial charge in [-0.05, 0) is 56.2 Å². The Balaban J connectivity index is 1.61. The number of hydrogen-bond donors (Lipinski definition) is 2. The molecule has 8 nitrogen and oxygen atoms in total. The van der Waals surface area contributed by atoms with Gasteiger partial charge in [-0.15, -0.1) is 11.3 Å².